The predicted octanol–water partition coefficient (Wildman–Crippen LogP) is 3.81. The predicted molar refractivity (Wildman–Crippen MR) is 142 cm³/mol. The first-order chi connectivity index (χ1) is 14.7. The lowest BCUT2D eigenvalue weighted by Crippen LogP contribution is -2.38. The average molecular weight is 575 g/mol. The maximum absolute atomic E-state index is 11.7. The van der Waals surface area contributed by atoms with Gasteiger partial charge in [-0.1, -0.05) is 50.2 Å². The Balaban J connectivity index is 0.00000512. The Labute approximate surface area is 209 Å². The van der Waals surface area contributed by atoms with E-state index >= 15 is 0 Å². The van der Waals surface area contributed by atoms with Crippen molar-refractivity contribution in [1.29, 1.82) is 0 Å². The highest BCUT2D eigenvalue weighted by Gasteiger charge is 2.10. The van der Waals surface area contributed by atoms with E-state index in [0.29, 0.717) is 25.0 Å². The number of sulfonamides is 1. The molecule has 2 rings (SSSR count). The molecule has 0 amide bonds. The first kappa shape index (κ1) is 28.2. The number of hydrogen-bond acceptors (Lipinski definition) is 4. The molecule has 0 aliphatic carbocycles. The lowest BCUT2D eigenvalue weighted by Gasteiger charge is -2.19. The monoisotopic (exact) mass is 574 g/mol. The van der Waals surface area contributed by atoms with E-state index in [-0.39, 0.29) is 35.8 Å². The summed E-state index contributed by atoms with van der Waals surface area (Å²) in [6.45, 7) is 7.61. The zero-order chi connectivity index (χ0) is 22.9. The van der Waals surface area contributed by atoms with Crippen molar-refractivity contribution < 1.29 is 13.2 Å². The summed E-state index contributed by atoms with van der Waals surface area (Å²) in [5.74, 6) is 2.03. The first-order valence-electron chi connectivity index (χ1n) is 10.4. The lowest BCUT2D eigenvalue weighted by molar-refractivity contribution is 0.271. The Morgan fingerprint density at radius 3 is 2.12 bits per heavy atom. The lowest BCUT2D eigenvalue weighted by atomic mass is 10.1. The minimum atomic E-state index is -3.27. The van der Waals surface area contributed by atoms with Gasteiger partial charge >= 0.3 is 0 Å². The van der Waals surface area contributed by atoms with Crippen molar-refractivity contribution in [2.45, 2.75) is 39.1 Å². The van der Waals surface area contributed by atoms with E-state index in [4.69, 9.17) is 4.74 Å². The highest BCUT2D eigenvalue weighted by Crippen LogP contribution is 2.18. The SMILES string of the molecule is CN=C(NCc1ccc(CS(=O)(=O)NC)cc1)NC(C)c1ccc(OCC(C)C)cc1.I. The second-order valence-electron chi connectivity index (χ2n) is 7.85. The molecular formula is C23H35IN4O3S. The van der Waals surface area contributed by atoms with Gasteiger partial charge in [0.2, 0.25) is 10.0 Å². The molecule has 0 aromatic heterocycles. The van der Waals surface area contributed by atoms with Crippen molar-refractivity contribution in [3.05, 3.63) is 65.2 Å². The van der Waals surface area contributed by atoms with Crippen LogP contribution in [0.25, 0.3) is 0 Å². The van der Waals surface area contributed by atoms with Crippen molar-refractivity contribution in [1.82, 2.24) is 15.4 Å². The molecule has 0 bridgehead atoms. The second kappa shape index (κ2) is 13.6. The van der Waals surface area contributed by atoms with Gasteiger partial charge in [0, 0.05) is 13.6 Å². The number of nitrogens with one attached hydrogen (secondary N) is 3. The zero-order valence-electron chi connectivity index (χ0n) is 19.4. The summed E-state index contributed by atoms with van der Waals surface area (Å²) >= 11 is 0. The molecule has 0 aliphatic heterocycles. The van der Waals surface area contributed by atoms with Gasteiger partial charge in [-0.05, 0) is 48.7 Å². The Morgan fingerprint density at radius 2 is 1.59 bits per heavy atom. The second-order valence-corrected chi connectivity index (χ2v) is 9.77. The summed E-state index contributed by atoms with van der Waals surface area (Å²) in [5, 5.41) is 6.68. The van der Waals surface area contributed by atoms with Crippen LogP contribution < -0.4 is 20.1 Å². The van der Waals surface area contributed by atoms with E-state index in [0.717, 1.165) is 22.4 Å². The van der Waals surface area contributed by atoms with Gasteiger partial charge in [0.1, 0.15) is 5.75 Å². The summed E-state index contributed by atoms with van der Waals surface area (Å²) < 4.78 is 31.4. The minimum absolute atomic E-state index is 0. The fourth-order valence-electron chi connectivity index (χ4n) is 2.83. The molecule has 1 atom stereocenters. The molecule has 0 heterocycles. The topological polar surface area (TPSA) is 91.8 Å². The molecule has 0 saturated carbocycles. The van der Waals surface area contributed by atoms with Crippen LogP contribution in [0.3, 0.4) is 0 Å². The van der Waals surface area contributed by atoms with Gasteiger partial charge in [-0.25, -0.2) is 13.1 Å². The normalized spacial score (nSPS) is 12.8. The van der Waals surface area contributed by atoms with Crippen LogP contribution in [0.15, 0.2) is 53.5 Å². The van der Waals surface area contributed by atoms with E-state index in [2.05, 4.69) is 53.3 Å². The maximum atomic E-state index is 11.7. The van der Waals surface area contributed by atoms with Crippen LogP contribution in [0, 0.1) is 5.92 Å². The molecule has 2 aromatic rings. The van der Waals surface area contributed by atoms with E-state index in [1.54, 1.807) is 7.05 Å². The standard InChI is InChI=1S/C23H34N4O3S.HI/c1-17(2)15-30-22-12-10-21(11-13-22)18(3)27-23(24-4)26-14-19-6-8-20(9-7-19)16-31(28,29)25-5;/h6-13,17-18,25H,14-16H2,1-5H3,(H2,24,26,27);1H. The Kier molecular flexibility index (Phi) is 12.0. The quantitative estimate of drug-likeness (QED) is 0.228. The number of halogens is 1. The maximum Gasteiger partial charge on any atom is 0.215 e. The average Bonchev–Trinajstić information content (AvgIpc) is 2.76. The number of rotatable bonds is 10. The molecule has 32 heavy (non-hydrogen) atoms. The van der Waals surface area contributed by atoms with E-state index in [1.165, 1.54) is 7.05 Å². The third-order valence-corrected chi connectivity index (χ3v) is 6.03. The molecule has 0 spiro atoms. The molecular weight excluding hydrogens is 539 g/mol. The zero-order valence-corrected chi connectivity index (χ0v) is 22.5. The number of ether oxygens (including phenoxy) is 1. The van der Waals surface area contributed by atoms with Gasteiger partial charge in [0.15, 0.2) is 5.96 Å². The molecule has 0 aliphatic rings. The van der Waals surface area contributed by atoms with Crippen LogP contribution in [-0.2, 0) is 22.3 Å². The van der Waals surface area contributed by atoms with E-state index < -0.39 is 10.0 Å². The van der Waals surface area contributed by atoms with Crippen molar-refractivity contribution >= 4 is 40.0 Å². The van der Waals surface area contributed by atoms with E-state index in [9.17, 15) is 8.42 Å². The van der Waals surface area contributed by atoms with Gasteiger partial charge in [-0.3, -0.25) is 4.99 Å². The van der Waals surface area contributed by atoms with Crippen molar-refractivity contribution in [2.24, 2.45) is 10.9 Å². The minimum Gasteiger partial charge on any atom is -0.493 e. The van der Waals surface area contributed by atoms with Crippen molar-refractivity contribution in [3.8, 4) is 5.75 Å². The van der Waals surface area contributed by atoms with Crippen LogP contribution in [0.5, 0.6) is 5.75 Å². The third-order valence-electron chi connectivity index (χ3n) is 4.69. The number of aliphatic imine (C=N–C) groups is 1. The molecule has 3 N–H and O–H groups in total. The molecule has 7 nitrogen and oxygen atoms in total. The number of nitrogens with zero attached hydrogens (tertiary/aromatic N) is 1. The Hall–Kier alpha value is -1.85. The molecule has 9 heteroatoms. The number of hydrogen-bond donors (Lipinski definition) is 3. The fourth-order valence-corrected chi connectivity index (χ4v) is 3.60. The molecule has 0 saturated heterocycles. The van der Waals surface area contributed by atoms with Crippen molar-refractivity contribution in [2.75, 3.05) is 20.7 Å². The molecule has 0 fully saturated rings. The Morgan fingerprint density at radius 1 is 1.00 bits per heavy atom. The van der Waals surface area contributed by atoms with Crippen LogP contribution in [0.4, 0.5) is 0 Å². The largest absolute Gasteiger partial charge is 0.493 e. The summed E-state index contributed by atoms with van der Waals surface area (Å²) in [6.07, 6.45) is 0. The van der Waals surface area contributed by atoms with Gasteiger partial charge < -0.3 is 15.4 Å². The van der Waals surface area contributed by atoms with Crippen LogP contribution in [0.2, 0.25) is 0 Å². The summed E-state index contributed by atoms with van der Waals surface area (Å²) in [4.78, 5) is 4.29. The fraction of sp³-hybridized carbons (Fsp3) is 0.435. The summed E-state index contributed by atoms with van der Waals surface area (Å²) in [5.41, 5.74) is 2.91. The number of guanidine groups is 1. The third kappa shape index (κ3) is 9.74. The Bertz CT molecular complexity index is 946. The summed E-state index contributed by atoms with van der Waals surface area (Å²) in [7, 11) is -0.116. The van der Waals surface area contributed by atoms with Crippen LogP contribution in [0.1, 0.15) is 43.5 Å². The molecule has 0 radical (unpaired) electrons. The molecule has 2 aromatic carbocycles. The molecule has 178 valence electrons. The van der Waals surface area contributed by atoms with Gasteiger partial charge in [0.05, 0.1) is 18.4 Å². The first-order valence-corrected chi connectivity index (χ1v) is 12.1. The van der Waals surface area contributed by atoms with Gasteiger partial charge in [-0.15, -0.1) is 24.0 Å². The smallest absolute Gasteiger partial charge is 0.215 e. The van der Waals surface area contributed by atoms with Gasteiger partial charge in [0.25, 0.3) is 0 Å². The van der Waals surface area contributed by atoms with Crippen LogP contribution in [-0.4, -0.2) is 35.1 Å². The number of benzene rings is 2. The summed E-state index contributed by atoms with van der Waals surface area (Å²) in [6, 6.07) is 15.6. The highest BCUT2D eigenvalue weighted by atomic mass is 127. The van der Waals surface area contributed by atoms with E-state index in [1.807, 2.05) is 36.4 Å². The highest BCUT2D eigenvalue weighted by molar-refractivity contribution is 14.0. The van der Waals surface area contributed by atoms with Crippen LogP contribution >= 0.6 is 24.0 Å². The van der Waals surface area contributed by atoms with Crippen molar-refractivity contribution in [3.63, 3.8) is 0 Å². The van der Waals surface area contributed by atoms with Gasteiger partial charge in [-0.2, -0.15) is 0 Å². The molecule has 1 unspecified atom stereocenters.